The molecule has 5 nitrogen and oxygen atoms in total. The molecular weight excluding hydrogens is 372 g/mol. The number of benzene rings is 2. The molecule has 0 unspecified atom stereocenters. The molecular formula is C22H24N2O3S. The van der Waals surface area contributed by atoms with Crippen LogP contribution in [0.5, 0.6) is 0 Å². The Labute approximate surface area is 168 Å². The fraction of sp³-hybridized carbons (Fsp3) is 0.318. The molecule has 0 radical (unpaired) electrons. The minimum Gasteiger partial charge on any atom is -0.465 e. The van der Waals surface area contributed by atoms with Gasteiger partial charge in [-0.3, -0.25) is 9.59 Å². The standard InChI is InChI=1S/C22H24N2O3S/c1-5-27-21(26)13-24-18-9-6-14(2)10-19(18)28-22(24)23-20(25)12-17-8-7-15(3)16(4)11-17/h6-11H,5,12-13H2,1-4H3. The number of hydrogen-bond donors (Lipinski definition) is 0. The van der Waals surface area contributed by atoms with Crippen molar-refractivity contribution >= 4 is 33.4 Å². The summed E-state index contributed by atoms with van der Waals surface area (Å²) >= 11 is 1.41. The lowest BCUT2D eigenvalue weighted by Crippen LogP contribution is -2.23. The summed E-state index contributed by atoms with van der Waals surface area (Å²) in [6.07, 6.45) is 0.230. The number of fused-ring (bicyclic) bond motifs is 1. The van der Waals surface area contributed by atoms with E-state index in [1.54, 1.807) is 11.5 Å². The molecule has 0 bridgehead atoms. The Balaban J connectivity index is 1.98. The van der Waals surface area contributed by atoms with Crippen LogP contribution in [0.2, 0.25) is 0 Å². The molecule has 2 aromatic carbocycles. The van der Waals surface area contributed by atoms with Crippen LogP contribution in [0.1, 0.15) is 29.2 Å². The van der Waals surface area contributed by atoms with Gasteiger partial charge in [0.05, 0.1) is 23.2 Å². The van der Waals surface area contributed by atoms with Crippen molar-refractivity contribution in [2.24, 2.45) is 4.99 Å². The summed E-state index contributed by atoms with van der Waals surface area (Å²) in [7, 11) is 0. The monoisotopic (exact) mass is 396 g/mol. The first-order valence-corrected chi connectivity index (χ1v) is 10.1. The smallest absolute Gasteiger partial charge is 0.326 e. The lowest BCUT2D eigenvalue weighted by atomic mass is 10.0. The zero-order chi connectivity index (χ0) is 20.3. The van der Waals surface area contributed by atoms with E-state index in [4.69, 9.17) is 4.74 Å². The highest BCUT2D eigenvalue weighted by Crippen LogP contribution is 2.19. The van der Waals surface area contributed by atoms with Crippen LogP contribution in [0.15, 0.2) is 41.4 Å². The summed E-state index contributed by atoms with van der Waals surface area (Å²) < 4.78 is 7.83. The van der Waals surface area contributed by atoms with Crippen molar-refractivity contribution < 1.29 is 14.3 Å². The summed E-state index contributed by atoms with van der Waals surface area (Å²) in [5.41, 5.74) is 5.28. The van der Waals surface area contributed by atoms with Gasteiger partial charge < -0.3 is 9.30 Å². The van der Waals surface area contributed by atoms with Gasteiger partial charge in [0.25, 0.3) is 5.91 Å². The Bertz CT molecular complexity index is 1110. The van der Waals surface area contributed by atoms with Gasteiger partial charge in [0.2, 0.25) is 0 Å². The zero-order valence-corrected chi connectivity index (χ0v) is 17.4. The Morgan fingerprint density at radius 1 is 1.07 bits per heavy atom. The topological polar surface area (TPSA) is 60.7 Å². The maximum Gasteiger partial charge on any atom is 0.326 e. The van der Waals surface area contributed by atoms with Gasteiger partial charge in [0.15, 0.2) is 4.80 Å². The highest BCUT2D eigenvalue weighted by Gasteiger charge is 2.13. The fourth-order valence-electron chi connectivity index (χ4n) is 2.99. The summed E-state index contributed by atoms with van der Waals surface area (Å²) in [6, 6.07) is 12.0. The maximum atomic E-state index is 12.6. The van der Waals surface area contributed by atoms with Crippen LogP contribution < -0.4 is 4.80 Å². The van der Waals surface area contributed by atoms with E-state index in [0.717, 1.165) is 26.9 Å². The molecule has 0 spiro atoms. The Kier molecular flexibility index (Phi) is 6.09. The summed E-state index contributed by atoms with van der Waals surface area (Å²) in [5.74, 6) is -0.574. The third kappa shape index (κ3) is 4.57. The van der Waals surface area contributed by atoms with Gasteiger partial charge in [-0.15, -0.1) is 0 Å². The van der Waals surface area contributed by atoms with Crippen molar-refractivity contribution in [1.82, 2.24) is 4.57 Å². The molecule has 0 aliphatic heterocycles. The first-order chi connectivity index (χ1) is 13.4. The van der Waals surface area contributed by atoms with Crippen molar-refractivity contribution in [3.63, 3.8) is 0 Å². The van der Waals surface area contributed by atoms with Crippen LogP contribution in [-0.2, 0) is 27.3 Å². The number of thiazole rings is 1. The Morgan fingerprint density at radius 2 is 1.86 bits per heavy atom. The molecule has 0 atom stereocenters. The number of aromatic nitrogens is 1. The number of carbonyl (C=O) groups is 2. The van der Waals surface area contributed by atoms with Crippen LogP contribution in [0.3, 0.4) is 0 Å². The van der Waals surface area contributed by atoms with E-state index in [2.05, 4.69) is 4.99 Å². The highest BCUT2D eigenvalue weighted by atomic mass is 32.1. The van der Waals surface area contributed by atoms with E-state index < -0.39 is 0 Å². The fourth-order valence-corrected chi connectivity index (χ4v) is 4.13. The average Bonchev–Trinajstić information content (AvgIpc) is 2.94. The van der Waals surface area contributed by atoms with E-state index in [0.29, 0.717) is 11.4 Å². The molecule has 0 saturated carbocycles. The molecule has 28 heavy (non-hydrogen) atoms. The Hall–Kier alpha value is -2.73. The normalized spacial score (nSPS) is 11.8. The third-order valence-corrected chi connectivity index (χ3v) is 5.62. The van der Waals surface area contributed by atoms with E-state index in [1.807, 2.05) is 57.2 Å². The summed E-state index contributed by atoms with van der Waals surface area (Å²) in [4.78, 5) is 29.5. The molecule has 3 aromatic rings. The van der Waals surface area contributed by atoms with Gasteiger partial charge in [0.1, 0.15) is 6.54 Å². The molecule has 146 valence electrons. The Morgan fingerprint density at radius 3 is 2.57 bits per heavy atom. The lowest BCUT2D eigenvalue weighted by Gasteiger charge is -2.05. The minimum absolute atomic E-state index is 0.0344. The number of ether oxygens (including phenoxy) is 1. The van der Waals surface area contributed by atoms with E-state index in [1.165, 1.54) is 16.9 Å². The number of amides is 1. The second-order valence-electron chi connectivity index (χ2n) is 6.85. The van der Waals surface area contributed by atoms with E-state index in [9.17, 15) is 9.59 Å². The second kappa shape index (κ2) is 8.52. The molecule has 0 saturated heterocycles. The number of aryl methyl sites for hydroxylation is 3. The molecule has 1 heterocycles. The van der Waals surface area contributed by atoms with Gasteiger partial charge in [-0.05, 0) is 62.1 Å². The van der Waals surface area contributed by atoms with Crippen molar-refractivity contribution in [2.75, 3.05) is 6.61 Å². The number of carbonyl (C=O) groups excluding carboxylic acids is 2. The van der Waals surface area contributed by atoms with Gasteiger partial charge in [-0.2, -0.15) is 4.99 Å². The predicted octanol–water partition coefficient (Wildman–Crippen LogP) is 3.86. The maximum absolute atomic E-state index is 12.6. The predicted molar refractivity (Wildman–Crippen MR) is 111 cm³/mol. The lowest BCUT2D eigenvalue weighted by molar-refractivity contribution is -0.143. The van der Waals surface area contributed by atoms with Crippen LogP contribution in [0, 0.1) is 20.8 Å². The SMILES string of the molecule is CCOC(=O)Cn1c(=NC(=O)Cc2ccc(C)c(C)c2)sc2cc(C)ccc21. The molecule has 3 rings (SSSR count). The molecule has 6 heteroatoms. The molecule has 0 fully saturated rings. The number of nitrogens with zero attached hydrogens (tertiary/aromatic N) is 2. The van der Waals surface area contributed by atoms with Crippen molar-refractivity contribution in [1.29, 1.82) is 0 Å². The first-order valence-electron chi connectivity index (χ1n) is 9.26. The van der Waals surface area contributed by atoms with Gasteiger partial charge in [-0.25, -0.2) is 0 Å². The summed E-state index contributed by atoms with van der Waals surface area (Å²) in [5, 5.41) is 0. The quantitative estimate of drug-likeness (QED) is 0.615. The van der Waals surface area contributed by atoms with Crippen molar-refractivity contribution in [2.45, 2.75) is 40.7 Å². The van der Waals surface area contributed by atoms with Crippen molar-refractivity contribution in [3.05, 3.63) is 63.5 Å². The second-order valence-corrected chi connectivity index (χ2v) is 7.86. The average molecular weight is 397 g/mol. The van der Waals surface area contributed by atoms with E-state index >= 15 is 0 Å². The van der Waals surface area contributed by atoms with Crippen LogP contribution in [-0.4, -0.2) is 23.1 Å². The molecule has 1 aromatic heterocycles. The highest BCUT2D eigenvalue weighted by molar-refractivity contribution is 7.16. The van der Waals surface area contributed by atoms with E-state index in [-0.39, 0.29) is 24.8 Å². The van der Waals surface area contributed by atoms with Gasteiger partial charge in [-0.1, -0.05) is 35.6 Å². The third-order valence-electron chi connectivity index (χ3n) is 4.58. The number of esters is 1. The van der Waals surface area contributed by atoms with Gasteiger partial charge in [0, 0.05) is 0 Å². The zero-order valence-electron chi connectivity index (χ0n) is 16.6. The molecule has 0 N–H and O–H groups in total. The number of hydrogen-bond acceptors (Lipinski definition) is 4. The number of rotatable bonds is 5. The van der Waals surface area contributed by atoms with Gasteiger partial charge >= 0.3 is 5.97 Å². The van der Waals surface area contributed by atoms with Crippen LogP contribution >= 0.6 is 11.3 Å². The minimum atomic E-state index is -0.342. The molecule has 0 aliphatic carbocycles. The largest absolute Gasteiger partial charge is 0.465 e. The molecule has 0 aliphatic rings. The van der Waals surface area contributed by atoms with Crippen LogP contribution in [0.25, 0.3) is 10.2 Å². The van der Waals surface area contributed by atoms with Crippen LogP contribution in [0.4, 0.5) is 0 Å². The summed E-state index contributed by atoms with van der Waals surface area (Å²) in [6.45, 7) is 8.21. The molecule has 1 amide bonds. The van der Waals surface area contributed by atoms with Crippen molar-refractivity contribution in [3.8, 4) is 0 Å². The first kappa shape index (κ1) is 20.0.